The van der Waals surface area contributed by atoms with E-state index in [4.69, 9.17) is 15.7 Å². The maximum atomic E-state index is 8.89. The van der Waals surface area contributed by atoms with Crippen LogP contribution in [0.2, 0.25) is 0 Å². The lowest BCUT2D eigenvalue weighted by Crippen LogP contribution is -2.14. The van der Waals surface area contributed by atoms with Crippen LogP contribution in [0.25, 0.3) is 21.9 Å². The molecular weight excluding hydrogens is 350 g/mol. The maximum absolute atomic E-state index is 8.89. The summed E-state index contributed by atoms with van der Waals surface area (Å²) in [6.45, 7) is 3.19. The van der Waals surface area contributed by atoms with Crippen molar-refractivity contribution in [1.82, 2.24) is 14.5 Å². The number of rotatable bonds is 6. The fourth-order valence-electron chi connectivity index (χ4n) is 3.43. The van der Waals surface area contributed by atoms with Crippen molar-refractivity contribution in [3.8, 4) is 6.07 Å². The second-order valence-electron chi connectivity index (χ2n) is 6.75. The molecule has 0 fully saturated rings. The van der Waals surface area contributed by atoms with Crippen molar-refractivity contribution in [3.05, 3.63) is 66.0 Å². The SMILES string of the molecule is CCC(COCc1ccc(C#N)cc1)n1cnc2c(N)nc3ccccc3c21. The van der Waals surface area contributed by atoms with E-state index in [-0.39, 0.29) is 6.04 Å². The first-order valence-electron chi connectivity index (χ1n) is 9.28. The number of hydrogen-bond donors (Lipinski definition) is 1. The zero-order chi connectivity index (χ0) is 19.5. The first-order chi connectivity index (χ1) is 13.7. The van der Waals surface area contributed by atoms with Gasteiger partial charge in [-0.1, -0.05) is 37.3 Å². The van der Waals surface area contributed by atoms with Crippen LogP contribution in [0, 0.1) is 11.3 Å². The molecule has 0 aliphatic rings. The van der Waals surface area contributed by atoms with Gasteiger partial charge in [0.2, 0.25) is 0 Å². The van der Waals surface area contributed by atoms with Gasteiger partial charge < -0.3 is 15.0 Å². The van der Waals surface area contributed by atoms with Crippen LogP contribution in [0.1, 0.15) is 30.5 Å². The first kappa shape index (κ1) is 18.0. The monoisotopic (exact) mass is 371 g/mol. The van der Waals surface area contributed by atoms with Gasteiger partial charge in [-0.15, -0.1) is 0 Å². The summed E-state index contributed by atoms with van der Waals surface area (Å²) < 4.78 is 8.13. The van der Waals surface area contributed by atoms with Crippen LogP contribution in [-0.4, -0.2) is 21.1 Å². The number of benzene rings is 2. The molecule has 2 aromatic heterocycles. The Morgan fingerprint density at radius 1 is 1.18 bits per heavy atom. The number of nitrogens with two attached hydrogens (primary N) is 1. The van der Waals surface area contributed by atoms with Crippen molar-refractivity contribution in [2.24, 2.45) is 0 Å². The number of nitrogen functional groups attached to an aromatic ring is 1. The second kappa shape index (κ2) is 7.67. The average molecular weight is 371 g/mol. The highest BCUT2D eigenvalue weighted by Gasteiger charge is 2.17. The minimum atomic E-state index is 0.133. The van der Waals surface area contributed by atoms with Crippen molar-refractivity contribution in [1.29, 1.82) is 5.26 Å². The summed E-state index contributed by atoms with van der Waals surface area (Å²) in [4.78, 5) is 8.98. The van der Waals surface area contributed by atoms with Crippen molar-refractivity contribution < 1.29 is 4.74 Å². The summed E-state index contributed by atoms with van der Waals surface area (Å²) in [5, 5.41) is 9.93. The van der Waals surface area contributed by atoms with E-state index in [1.54, 1.807) is 12.1 Å². The molecular formula is C22H21N5O. The molecule has 4 aromatic rings. The lowest BCUT2D eigenvalue weighted by molar-refractivity contribution is 0.0897. The number of aromatic nitrogens is 3. The topological polar surface area (TPSA) is 89.8 Å². The van der Waals surface area contributed by atoms with Crippen molar-refractivity contribution in [2.45, 2.75) is 26.0 Å². The Labute approximate surface area is 163 Å². The van der Waals surface area contributed by atoms with Crippen molar-refractivity contribution in [2.75, 3.05) is 12.3 Å². The predicted molar refractivity (Wildman–Crippen MR) is 110 cm³/mol. The van der Waals surface area contributed by atoms with E-state index in [1.807, 2.05) is 42.7 Å². The van der Waals surface area contributed by atoms with Gasteiger partial charge in [0, 0.05) is 5.39 Å². The maximum Gasteiger partial charge on any atom is 0.152 e. The van der Waals surface area contributed by atoms with E-state index < -0.39 is 0 Å². The molecule has 0 aliphatic carbocycles. The molecule has 0 radical (unpaired) electrons. The molecule has 2 aromatic carbocycles. The second-order valence-corrected chi connectivity index (χ2v) is 6.75. The number of pyridine rings is 1. The highest BCUT2D eigenvalue weighted by atomic mass is 16.5. The number of fused-ring (bicyclic) bond motifs is 3. The molecule has 0 saturated carbocycles. The smallest absolute Gasteiger partial charge is 0.152 e. The summed E-state index contributed by atoms with van der Waals surface area (Å²) in [7, 11) is 0. The molecule has 1 atom stereocenters. The summed E-state index contributed by atoms with van der Waals surface area (Å²) in [6, 6.07) is 17.7. The largest absolute Gasteiger partial charge is 0.382 e. The number of hydrogen-bond acceptors (Lipinski definition) is 5. The molecule has 140 valence electrons. The minimum absolute atomic E-state index is 0.133. The van der Waals surface area contributed by atoms with E-state index in [0.29, 0.717) is 24.6 Å². The first-order valence-corrected chi connectivity index (χ1v) is 9.28. The summed E-state index contributed by atoms with van der Waals surface area (Å²) in [6.07, 6.45) is 2.73. The van der Waals surface area contributed by atoms with Crippen LogP contribution in [0.15, 0.2) is 54.9 Å². The number of ether oxygens (including phenoxy) is 1. The molecule has 0 saturated heterocycles. The van der Waals surface area contributed by atoms with Gasteiger partial charge >= 0.3 is 0 Å². The fourth-order valence-corrected chi connectivity index (χ4v) is 3.43. The third-order valence-electron chi connectivity index (χ3n) is 4.96. The third-order valence-corrected chi connectivity index (χ3v) is 4.96. The van der Waals surface area contributed by atoms with Crippen LogP contribution in [0.4, 0.5) is 5.82 Å². The van der Waals surface area contributed by atoms with Crippen LogP contribution < -0.4 is 5.73 Å². The summed E-state index contributed by atoms with van der Waals surface area (Å²) in [5.41, 5.74) is 10.4. The van der Waals surface area contributed by atoms with Gasteiger partial charge in [0.05, 0.1) is 48.2 Å². The molecule has 6 heteroatoms. The number of nitrogens with zero attached hydrogens (tertiary/aromatic N) is 4. The molecule has 2 N–H and O–H groups in total. The summed E-state index contributed by atoms with van der Waals surface area (Å²) in [5.74, 6) is 0.445. The molecule has 1 unspecified atom stereocenters. The Morgan fingerprint density at radius 2 is 1.96 bits per heavy atom. The number of para-hydroxylation sites is 1. The standard InChI is InChI=1S/C22H21N5O/c1-2-17(13-28-12-16-9-7-15(11-23)8-10-16)27-14-25-20-21(27)18-5-3-4-6-19(18)26-22(20)24/h3-10,14,17H,2,12-13H2,1H3,(H2,24,26). The Bertz CT molecular complexity index is 1160. The molecule has 4 rings (SSSR count). The van der Waals surface area contributed by atoms with E-state index in [0.717, 1.165) is 33.9 Å². The number of imidazole rings is 1. The van der Waals surface area contributed by atoms with Gasteiger partial charge in [-0.25, -0.2) is 9.97 Å². The van der Waals surface area contributed by atoms with Gasteiger partial charge in [0.25, 0.3) is 0 Å². The lowest BCUT2D eigenvalue weighted by Gasteiger charge is -2.19. The molecule has 0 bridgehead atoms. The Morgan fingerprint density at radius 3 is 2.71 bits per heavy atom. The van der Waals surface area contributed by atoms with Gasteiger partial charge in [0.1, 0.15) is 5.52 Å². The highest BCUT2D eigenvalue weighted by molar-refractivity contribution is 6.06. The van der Waals surface area contributed by atoms with Crippen molar-refractivity contribution in [3.63, 3.8) is 0 Å². The Kier molecular flexibility index (Phi) is 4.92. The molecule has 28 heavy (non-hydrogen) atoms. The van der Waals surface area contributed by atoms with E-state index in [9.17, 15) is 0 Å². The van der Waals surface area contributed by atoms with Gasteiger partial charge in [0.15, 0.2) is 5.82 Å². The Balaban J connectivity index is 1.59. The molecule has 6 nitrogen and oxygen atoms in total. The fraction of sp³-hybridized carbons (Fsp3) is 0.227. The Hall–Kier alpha value is -3.43. The number of anilines is 1. The van der Waals surface area contributed by atoms with Gasteiger partial charge in [-0.05, 0) is 30.2 Å². The molecule has 0 aliphatic heterocycles. The molecule has 2 heterocycles. The van der Waals surface area contributed by atoms with Gasteiger partial charge in [-0.3, -0.25) is 0 Å². The van der Waals surface area contributed by atoms with E-state index >= 15 is 0 Å². The van der Waals surface area contributed by atoms with Crippen LogP contribution in [0.5, 0.6) is 0 Å². The van der Waals surface area contributed by atoms with Crippen LogP contribution in [-0.2, 0) is 11.3 Å². The van der Waals surface area contributed by atoms with Crippen molar-refractivity contribution >= 4 is 27.8 Å². The molecule has 0 spiro atoms. The minimum Gasteiger partial charge on any atom is -0.382 e. The van der Waals surface area contributed by atoms with Gasteiger partial charge in [-0.2, -0.15) is 5.26 Å². The zero-order valence-corrected chi connectivity index (χ0v) is 15.7. The summed E-state index contributed by atoms with van der Waals surface area (Å²) >= 11 is 0. The normalized spacial score (nSPS) is 12.3. The lowest BCUT2D eigenvalue weighted by atomic mass is 10.1. The third kappa shape index (κ3) is 3.28. The average Bonchev–Trinajstić information content (AvgIpc) is 3.18. The number of nitriles is 1. The highest BCUT2D eigenvalue weighted by Crippen LogP contribution is 2.30. The van der Waals surface area contributed by atoms with Crippen LogP contribution in [0.3, 0.4) is 0 Å². The van der Waals surface area contributed by atoms with E-state index in [1.165, 1.54) is 0 Å². The van der Waals surface area contributed by atoms with E-state index in [2.05, 4.69) is 27.5 Å². The quantitative estimate of drug-likeness (QED) is 0.548. The molecule has 0 amide bonds. The zero-order valence-electron chi connectivity index (χ0n) is 15.7. The van der Waals surface area contributed by atoms with Crippen LogP contribution >= 0.6 is 0 Å². The predicted octanol–water partition coefficient (Wildman–Crippen LogP) is 4.21.